The number of carbonyl (C=O) groups excluding carboxylic acids is 1. The maximum Gasteiger partial charge on any atom is 0.417 e. The van der Waals surface area contributed by atoms with Crippen molar-refractivity contribution in [3.05, 3.63) is 24.1 Å². The second-order valence-electron chi connectivity index (χ2n) is 7.10. The van der Waals surface area contributed by atoms with Crippen LogP contribution in [-0.4, -0.2) is 65.7 Å². The van der Waals surface area contributed by atoms with Crippen LogP contribution in [0.15, 0.2) is 18.3 Å². The molecular formula is C18H27FN4O2. The highest BCUT2D eigenvalue weighted by Gasteiger charge is 2.38. The molecule has 6 nitrogen and oxygen atoms in total. The van der Waals surface area contributed by atoms with E-state index in [1.165, 1.54) is 18.3 Å². The number of halogens is 1. The molecule has 2 aliphatic rings. The number of hydrogen-bond acceptors (Lipinski definition) is 5. The smallest absolute Gasteiger partial charge is 0.388 e. The van der Waals surface area contributed by atoms with Crippen LogP contribution in [-0.2, 0) is 0 Å². The molecule has 0 aliphatic carbocycles. The molecule has 0 aromatic carbocycles. The third-order valence-electron chi connectivity index (χ3n) is 5.25. The van der Waals surface area contributed by atoms with Gasteiger partial charge in [0.25, 0.3) is 5.88 Å². The number of piperazine rings is 1. The van der Waals surface area contributed by atoms with E-state index in [1.54, 1.807) is 4.90 Å². The number of pyridine rings is 1. The van der Waals surface area contributed by atoms with E-state index in [9.17, 15) is 9.18 Å². The molecule has 0 radical (unpaired) electrons. The van der Waals surface area contributed by atoms with E-state index in [-0.39, 0.29) is 11.9 Å². The first-order valence-electron chi connectivity index (χ1n) is 9.10. The predicted octanol–water partition coefficient (Wildman–Crippen LogP) is 2.11. The lowest BCUT2D eigenvalue weighted by atomic mass is 9.87. The first kappa shape index (κ1) is 18.1. The molecule has 1 unspecified atom stereocenters. The summed E-state index contributed by atoms with van der Waals surface area (Å²) in [6.45, 7) is 8.54. The first-order valence-corrected chi connectivity index (χ1v) is 9.10. The molecule has 0 spiro atoms. The van der Waals surface area contributed by atoms with Crippen molar-refractivity contribution >= 4 is 6.09 Å². The lowest BCUT2D eigenvalue weighted by Crippen LogP contribution is -2.60. The number of hydrogen-bond donors (Lipinski definition) is 1. The Balaban J connectivity index is 1.74. The molecule has 1 N–H and O–H groups in total. The van der Waals surface area contributed by atoms with E-state index in [0.29, 0.717) is 18.5 Å². The summed E-state index contributed by atoms with van der Waals surface area (Å²) in [4.78, 5) is 20.7. The van der Waals surface area contributed by atoms with Gasteiger partial charge in [-0.05, 0) is 57.8 Å². The second kappa shape index (κ2) is 8.10. The van der Waals surface area contributed by atoms with Crippen molar-refractivity contribution in [2.75, 3.05) is 32.7 Å². The van der Waals surface area contributed by atoms with Crippen molar-refractivity contribution in [2.24, 2.45) is 5.92 Å². The Morgan fingerprint density at radius 3 is 2.80 bits per heavy atom. The van der Waals surface area contributed by atoms with Crippen molar-refractivity contribution in [3.63, 3.8) is 0 Å². The fourth-order valence-corrected chi connectivity index (χ4v) is 3.75. The van der Waals surface area contributed by atoms with Crippen LogP contribution < -0.4 is 10.1 Å². The van der Waals surface area contributed by atoms with Crippen molar-refractivity contribution in [1.82, 2.24) is 20.1 Å². The Morgan fingerprint density at radius 2 is 2.12 bits per heavy atom. The van der Waals surface area contributed by atoms with E-state index in [2.05, 4.69) is 29.0 Å². The highest BCUT2D eigenvalue weighted by atomic mass is 19.1. The van der Waals surface area contributed by atoms with Crippen LogP contribution in [0.3, 0.4) is 0 Å². The van der Waals surface area contributed by atoms with Crippen molar-refractivity contribution < 1.29 is 13.9 Å². The van der Waals surface area contributed by atoms with Gasteiger partial charge in [0, 0.05) is 31.9 Å². The van der Waals surface area contributed by atoms with E-state index in [4.69, 9.17) is 4.74 Å². The van der Waals surface area contributed by atoms with Gasteiger partial charge in [-0.25, -0.2) is 14.2 Å². The zero-order chi connectivity index (χ0) is 17.8. The number of aromatic nitrogens is 1. The van der Waals surface area contributed by atoms with Crippen molar-refractivity contribution in [2.45, 2.75) is 38.8 Å². The average molecular weight is 350 g/mol. The zero-order valence-electron chi connectivity index (χ0n) is 14.9. The standard InChI is InChI=1S/C18H27FN4O2/c1-13(2)22-10-11-23(16(12-22)14-5-8-20-9-6-14)18(24)25-17-15(19)4-3-7-21-17/h3-4,7,13-14,16,20H,5-6,8-12H2,1-2H3. The van der Waals surface area contributed by atoms with Crippen LogP contribution in [0.25, 0.3) is 0 Å². The van der Waals surface area contributed by atoms with Crippen LogP contribution >= 0.6 is 0 Å². The normalized spacial score (nSPS) is 23.0. The summed E-state index contributed by atoms with van der Waals surface area (Å²) >= 11 is 0. The van der Waals surface area contributed by atoms with Gasteiger partial charge in [-0.15, -0.1) is 0 Å². The third-order valence-corrected chi connectivity index (χ3v) is 5.25. The summed E-state index contributed by atoms with van der Waals surface area (Å²) < 4.78 is 19.0. The summed E-state index contributed by atoms with van der Waals surface area (Å²) in [5, 5.41) is 3.37. The summed E-state index contributed by atoms with van der Waals surface area (Å²) in [6.07, 6.45) is 3.01. The van der Waals surface area contributed by atoms with Gasteiger partial charge in [-0.2, -0.15) is 0 Å². The molecule has 3 rings (SSSR count). The van der Waals surface area contributed by atoms with E-state index in [1.807, 2.05) is 0 Å². The highest BCUT2D eigenvalue weighted by molar-refractivity contribution is 5.71. The molecule has 1 atom stereocenters. The minimum atomic E-state index is -0.616. The third kappa shape index (κ3) is 4.27. The van der Waals surface area contributed by atoms with Gasteiger partial charge in [-0.1, -0.05) is 0 Å². The molecule has 0 saturated carbocycles. The van der Waals surface area contributed by atoms with Crippen LogP contribution in [0.4, 0.5) is 9.18 Å². The Kier molecular flexibility index (Phi) is 5.86. The number of piperidine rings is 1. The van der Waals surface area contributed by atoms with Gasteiger partial charge in [0.05, 0.1) is 6.04 Å². The van der Waals surface area contributed by atoms with E-state index in [0.717, 1.165) is 39.0 Å². The first-order chi connectivity index (χ1) is 12.1. The van der Waals surface area contributed by atoms with Gasteiger partial charge in [0.15, 0.2) is 5.82 Å². The molecule has 2 fully saturated rings. The number of rotatable bonds is 3. The SMILES string of the molecule is CC(C)N1CCN(C(=O)Oc2ncccc2F)C(C2CCNCC2)C1. The largest absolute Gasteiger partial charge is 0.417 e. The fraction of sp³-hybridized carbons (Fsp3) is 0.667. The molecule has 1 amide bonds. The molecule has 1 aromatic rings. The minimum absolute atomic E-state index is 0.0949. The van der Waals surface area contributed by atoms with Gasteiger partial charge >= 0.3 is 6.09 Å². The lowest BCUT2D eigenvalue weighted by Gasteiger charge is -2.46. The Hall–Kier alpha value is -1.73. The molecule has 1 aromatic heterocycles. The molecule has 0 bridgehead atoms. The average Bonchev–Trinajstić information content (AvgIpc) is 2.63. The molecule has 138 valence electrons. The molecule has 7 heteroatoms. The van der Waals surface area contributed by atoms with Gasteiger partial charge in [-0.3, -0.25) is 4.90 Å². The van der Waals surface area contributed by atoms with Gasteiger partial charge in [0.2, 0.25) is 0 Å². The number of nitrogens with zero attached hydrogens (tertiary/aromatic N) is 3. The maximum absolute atomic E-state index is 13.8. The van der Waals surface area contributed by atoms with Crippen LogP contribution in [0.2, 0.25) is 0 Å². The van der Waals surface area contributed by atoms with Crippen LogP contribution in [0.1, 0.15) is 26.7 Å². The van der Waals surface area contributed by atoms with Crippen LogP contribution in [0, 0.1) is 11.7 Å². The maximum atomic E-state index is 13.8. The quantitative estimate of drug-likeness (QED) is 0.905. The number of ether oxygens (including phenoxy) is 1. The van der Waals surface area contributed by atoms with Gasteiger partial charge in [0.1, 0.15) is 0 Å². The highest BCUT2D eigenvalue weighted by Crippen LogP contribution is 2.26. The summed E-state index contributed by atoms with van der Waals surface area (Å²) in [6, 6.07) is 3.26. The molecule has 25 heavy (non-hydrogen) atoms. The summed E-state index contributed by atoms with van der Waals surface area (Å²) in [7, 11) is 0. The Morgan fingerprint density at radius 1 is 1.36 bits per heavy atom. The van der Waals surface area contributed by atoms with Crippen LogP contribution in [0.5, 0.6) is 5.88 Å². The molecule has 2 aliphatic heterocycles. The topological polar surface area (TPSA) is 57.7 Å². The van der Waals surface area contributed by atoms with Crippen molar-refractivity contribution in [3.8, 4) is 5.88 Å². The Bertz CT molecular complexity index is 592. The monoisotopic (exact) mass is 350 g/mol. The Labute approximate surface area is 148 Å². The number of amides is 1. The predicted molar refractivity (Wildman–Crippen MR) is 93.0 cm³/mol. The van der Waals surface area contributed by atoms with Crippen molar-refractivity contribution in [1.29, 1.82) is 0 Å². The van der Waals surface area contributed by atoms with E-state index < -0.39 is 11.9 Å². The second-order valence-corrected chi connectivity index (χ2v) is 7.10. The lowest BCUT2D eigenvalue weighted by molar-refractivity contribution is 0.0264. The summed E-state index contributed by atoms with van der Waals surface area (Å²) in [5.74, 6) is -0.429. The minimum Gasteiger partial charge on any atom is -0.388 e. The molecule has 3 heterocycles. The zero-order valence-corrected chi connectivity index (χ0v) is 14.9. The van der Waals surface area contributed by atoms with E-state index >= 15 is 0 Å². The summed E-state index contributed by atoms with van der Waals surface area (Å²) in [5.41, 5.74) is 0. The van der Waals surface area contributed by atoms with Gasteiger partial charge < -0.3 is 15.0 Å². The fourth-order valence-electron chi connectivity index (χ4n) is 3.75. The number of nitrogens with one attached hydrogen (secondary N) is 1. The number of carbonyl (C=O) groups is 1. The molecular weight excluding hydrogens is 323 g/mol. The molecule has 2 saturated heterocycles.